The van der Waals surface area contributed by atoms with Gasteiger partial charge in [-0.25, -0.2) is 4.98 Å². The summed E-state index contributed by atoms with van der Waals surface area (Å²) < 4.78 is 11.9. The fraction of sp³-hybridized carbons (Fsp3) is 0.346. The first-order chi connectivity index (χ1) is 16.9. The van der Waals surface area contributed by atoms with E-state index in [1.165, 1.54) is 44.2 Å². The Bertz CT molecular complexity index is 1260. The second kappa shape index (κ2) is 10.6. The molecule has 1 aromatic heterocycles. The van der Waals surface area contributed by atoms with E-state index in [1.54, 1.807) is 18.2 Å². The van der Waals surface area contributed by atoms with E-state index in [2.05, 4.69) is 15.2 Å². The summed E-state index contributed by atoms with van der Waals surface area (Å²) in [6.45, 7) is 3.19. The number of nitrogens with zero attached hydrogens (tertiary/aromatic N) is 3. The summed E-state index contributed by atoms with van der Waals surface area (Å²) in [6.07, 6.45) is 2.46. The van der Waals surface area contributed by atoms with Gasteiger partial charge in [0.15, 0.2) is 17.2 Å². The van der Waals surface area contributed by atoms with E-state index in [0.717, 1.165) is 19.6 Å². The zero-order valence-electron chi connectivity index (χ0n) is 20.2. The molecule has 1 amide bonds. The van der Waals surface area contributed by atoms with Crippen molar-refractivity contribution in [3.8, 4) is 28.6 Å². The van der Waals surface area contributed by atoms with Crippen LogP contribution in [0.1, 0.15) is 34.5 Å². The first kappa shape index (κ1) is 24.3. The Morgan fingerprint density at radius 1 is 1.09 bits per heavy atom. The van der Waals surface area contributed by atoms with Crippen molar-refractivity contribution in [2.45, 2.75) is 25.9 Å². The molecule has 184 valence electrons. The van der Waals surface area contributed by atoms with Crippen LogP contribution in [0.2, 0.25) is 0 Å². The van der Waals surface area contributed by atoms with Crippen molar-refractivity contribution in [1.82, 2.24) is 19.8 Å². The van der Waals surface area contributed by atoms with Gasteiger partial charge < -0.3 is 19.9 Å². The van der Waals surface area contributed by atoms with Crippen LogP contribution in [0, 0.1) is 0 Å². The average Bonchev–Trinajstić information content (AvgIpc) is 3.39. The molecule has 0 aliphatic carbocycles. The van der Waals surface area contributed by atoms with Crippen LogP contribution in [0.5, 0.6) is 17.2 Å². The highest BCUT2D eigenvalue weighted by molar-refractivity contribution is 5.95. The van der Waals surface area contributed by atoms with Crippen LogP contribution < -0.4 is 20.3 Å². The summed E-state index contributed by atoms with van der Waals surface area (Å²) in [6, 6.07) is 13.1. The second-order valence-electron chi connectivity index (χ2n) is 8.51. The molecule has 3 aromatic rings. The summed E-state index contributed by atoms with van der Waals surface area (Å²) in [5.41, 5.74) is 1.51. The molecule has 2 heterocycles. The molecule has 2 aromatic carbocycles. The minimum Gasteiger partial charge on any atom is -0.501 e. The molecular formula is C26H30N4O5. The molecule has 1 saturated heterocycles. The standard InChI is InChI=1S/C26H30N4O5/c1-29-24(18-11-9-17(10-12-18)16-30-13-4-5-14-30)28-21(22(31)26(29)33)25(32)27-15-19-7-6-8-20(34-2)23(19)35-3/h6-12,31H,4-5,13-16H2,1-3H3,(H,27,32). The Balaban J connectivity index is 1.57. The van der Waals surface area contributed by atoms with Gasteiger partial charge in [-0.15, -0.1) is 0 Å². The Morgan fingerprint density at radius 3 is 2.46 bits per heavy atom. The number of aromatic nitrogens is 2. The molecule has 1 aliphatic heterocycles. The lowest BCUT2D eigenvalue weighted by Gasteiger charge is -2.16. The molecule has 4 rings (SSSR count). The molecule has 1 fully saturated rings. The van der Waals surface area contributed by atoms with Gasteiger partial charge in [0.1, 0.15) is 5.82 Å². The highest BCUT2D eigenvalue weighted by Crippen LogP contribution is 2.30. The van der Waals surface area contributed by atoms with Crippen LogP contribution >= 0.6 is 0 Å². The highest BCUT2D eigenvalue weighted by atomic mass is 16.5. The summed E-state index contributed by atoms with van der Waals surface area (Å²) in [7, 11) is 4.56. The van der Waals surface area contributed by atoms with Gasteiger partial charge in [-0.05, 0) is 37.6 Å². The number of carbonyl (C=O) groups excluding carboxylic acids is 1. The van der Waals surface area contributed by atoms with E-state index < -0.39 is 17.2 Å². The van der Waals surface area contributed by atoms with Crippen LogP contribution in [0.4, 0.5) is 0 Å². The summed E-state index contributed by atoms with van der Waals surface area (Å²) in [5.74, 6) is -0.0472. The van der Waals surface area contributed by atoms with Crippen molar-refractivity contribution in [2.75, 3.05) is 27.3 Å². The molecule has 0 bridgehead atoms. The Kier molecular flexibility index (Phi) is 7.36. The fourth-order valence-electron chi connectivity index (χ4n) is 4.32. The van der Waals surface area contributed by atoms with E-state index in [1.807, 2.05) is 24.3 Å². The molecule has 0 saturated carbocycles. The summed E-state index contributed by atoms with van der Waals surface area (Å²) >= 11 is 0. The predicted octanol–water partition coefficient (Wildman–Crippen LogP) is 2.70. The number of nitrogens with one attached hydrogen (secondary N) is 1. The Hall–Kier alpha value is -3.85. The number of para-hydroxylation sites is 1. The molecule has 2 N–H and O–H groups in total. The molecule has 9 heteroatoms. The Morgan fingerprint density at radius 2 is 1.80 bits per heavy atom. The average molecular weight is 479 g/mol. The highest BCUT2D eigenvalue weighted by Gasteiger charge is 2.21. The van der Waals surface area contributed by atoms with Crippen molar-refractivity contribution in [3.05, 3.63) is 69.6 Å². The third-order valence-electron chi connectivity index (χ3n) is 6.22. The van der Waals surface area contributed by atoms with Gasteiger partial charge in [0, 0.05) is 31.3 Å². The lowest BCUT2D eigenvalue weighted by molar-refractivity contribution is 0.0942. The third kappa shape index (κ3) is 5.14. The normalized spacial score (nSPS) is 13.6. The van der Waals surface area contributed by atoms with E-state index in [9.17, 15) is 14.7 Å². The number of carbonyl (C=O) groups is 1. The fourth-order valence-corrected chi connectivity index (χ4v) is 4.32. The molecule has 0 spiro atoms. The van der Waals surface area contributed by atoms with Gasteiger partial charge in [0.05, 0.1) is 14.2 Å². The largest absolute Gasteiger partial charge is 0.501 e. The molecule has 0 atom stereocenters. The minimum atomic E-state index is -0.697. The first-order valence-corrected chi connectivity index (χ1v) is 11.5. The maximum atomic E-state index is 12.9. The number of rotatable bonds is 8. The molecule has 0 unspecified atom stereocenters. The maximum absolute atomic E-state index is 12.9. The van der Waals surface area contributed by atoms with Crippen LogP contribution in [0.15, 0.2) is 47.3 Å². The second-order valence-corrected chi connectivity index (χ2v) is 8.51. The zero-order valence-corrected chi connectivity index (χ0v) is 20.2. The topological polar surface area (TPSA) is 106 Å². The van der Waals surface area contributed by atoms with Gasteiger partial charge in [-0.1, -0.05) is 36.4 Å². The summed E-state index contributed by atoms with van der Waals surface area (Å²) in [4.78, 5) is 32.4. The van der Waals surface area contributed by atoms with Gasteiger partial charge in [-0.2, -0.15) is 0 Å². The van der Waals surface area contributed by atoms with Gasteiger partial charge in [0.25, 0.3) is 11.5 Å². The van der Waals surface area contributed by atoms with Crippen LogP contribution in [0.25, 0.3) is 11.4 Å². The van der Waals surface area contributed by atoms with E-state index in [-0.39, 0.29) is 12.2 Å². The summed E-state index contributed by atoms with van der Waals surface area (Å²) in [5, 5.41) is 13.1. The quantitative estimate of drug-likeness (QED) is 0.513. The van der Waals surface area contributed by atoms with Crippen LogP contribution in [-0.4, -0.2) is 52.8 Å². The van der Waals surface area contributed by atoms with Crippen LogP contribution in [-0.2, 0) is 20.1 Å². The number of likely N-dealkylation sites (tertiary alicyclic amines) is 1. The van der Waals surface area contributed by atoms with Crippen LogP contribution in [0.3, 0.4) is 0 Å². The molecule has 0 radical (unpaired) electrons. The Labute approximate surface area is 203 Å². The van der Waals surface area contributed by atoms with Crippen molar-refractivity contribution in [1.29, 1.82) is 0 Å². The monoisotopic (exact) mass is 478 g/mol. The van der Waals surface area contributed by atoms with Crippen molar-refractivity contribution in [2.24, 2.45) is 7.05 Å². The number of hydrogen-bond acceptors (Lipinski definition) is 7. The third-order valence-corrected chi connectivity index (χ3v) is 6.22. The SMILES string of the molecule is COc1cccc(CNC(=O)c2nc(-c3ccc(CN4CCCC4)cc3)n(C)c(=O)c2O)c1OC. The molecule has 35 heavy (non-hydrogen) atoms. The number of benzene rings is 2. The van der Waals surface area contributed by atoms with Crippen molar-refractivity contribution >= 4 is 5.91 Å². The predicted molar refractivity (Wildman–Crippen MR) is 132 cm³/mol. The number of aromatic hydroxyl groups is 1. The van der Waals surface area contributed by atoms with Crippen molar-refractivity contribution in [3.63, 3.8) is 0 Å². The number of amides is 1. The zero-order chi connectivity index (χ0) is 24.9. The maximum Gasteiger partial charge on any atom is 0.296 e. The van der Waals surface area contributed by atoms with E-state index in [4.69, 9.17) is 9.47 Å². The number of hydrogen-bond donors (Lipinski definition) is 2. The molecule has 1 aliphatic rings. The number of ether oxygens (including phenoxy) is 2. The minimum absolute atomic E-state index is 0.0933. The first-order valence-electron chi connectivity index (χ1n) is 11.5. The lowest BCUT2D eigenvalue weighted by Crippen LogP contribution is -2.29. The van der Waals surface area contributed by atoms with E-state index >= 15 is 0 Å². The molecule has 9 nitrogen and oxygen atoms in total. The van der Waals surface area contributed by atoms with Gasteiger partial charge in [0.2, 0.25) is 5.75 Å². The smallest absolute Gasteiger partial charge is 0.296 e. The van der Waals surface area contributed by atoms with E-state index in [0.29, 0.717) is 28.5 Å². The van der Waals surface area contributed by atoms with Gasteiger partial charge >= 0.3 is 0 Å². The van der Waals surface area contributed by atoms with Crippen molar-refractivity contribution < 1.29 is 19.4 Å². The number of methoxy groups -OCH3 is 2. The lowest BCUT2D eigenvalue weighted by atomic mass is 10.1. The molecular weight excluding hydrogens is 448 g/mol. The van der Waals surface area contributed by atoms with Gasteiger partial charge in [-0.3, -0.25) is 19.1 Å².